The Bertz CT molecular complexity index is 437. The summed E-state index contributed by atoms with van der Waals surface area (Å²) in [5, 5.41) is 3.23. The zero-order valence-corrected chi connectivity index (χ0v) is 15.0. The summed E-state index contributed by atoms with van der Waals surface area (Å²) in [6.07, 6.45) is 7.35. The van der Waals surface area contributed by atoms with Gasteiger partial charge in [-0.15, -0.1) is 12.4 Å². The number of hydrogen-bond donors (Lipinski definition) is 4. The van der Waals surface area contributed by atoms with Crippen LogP contribution in [-0.2, 0) is 4.79 Å². The maximum absolute atomic E-state index is 12.4. The molecule has 5 fully saturated rings. The molecule has 0 aromatic rings. The second-order valence-corrected chi connectivity index (χ2v) is 9.50. The van der Waals surface area contributed by atoms with Crippen LogP contribution in [0.4, 0.5) is 0 Å². The molecule has 0 unspecified atom stereocenters. The predicted octanol–water partition coefficient (Wildman–Crippen LogP) is 2.22. The van der Waals surface area contributed by atoms with Crippen LogP contribution in [0.3, 0.4) is 0 Å². The van der Waals surface area contributed by atoms with Gasteiger partial charge >= 0.3 is 0 Å². The predicted molar refractivity (Wildman–Crippen MR) is 93.3 cm³/mol. The molecule has 0 radical (unpaired) electrons. The highest BCUT2D eigenvalue weighted by Gasteiger charge is 2.48. The zero-order valence-electron chi connectivity index (χ0n) is 13.3. The molecule has 4 N–H and O–H groups in total. The van der Waals surface area contributed by atoms with Crippen molar-refractivity contribution in [3.8, 4) is 0 Å². The average molecular weight is 366 g/mol. The highest BCUT2D eigenvalue weighted by molar-refractivity contribution is 8.20. The topological polar surface area (TPSA) is 84.8 Å². The summed E-state index contributed by atoms with van der Waals surface area (Å²) in [7, 11) is -2.96. The van der Waals surface area contributed by atoms with Crippen LogP contribution >= 0.6 is 23.4 Å². The highest BCUT2D eigenvalue weighted by atomic mass is 35.5. The van der Waals surface area contributed by atoms with Crippen LogP contribution in [0.1, 0.15) is 38.5 Å². The van der Waals surface area contributed by atoms with Crippen molar-refractivity contribution in [3.63, 3.8) is 0 Å². The average Bonchev–Trinajstić information content (AvgIpc) is 2.44. The van der Waals surface area contributed by atoms with Crippen LogP contribution in [0.25, 0.3) is 0 Å². The molecule has 1 amide bonds. The van der Waals surface area contributed by atoms with Gasteiger partial charge in [0, 0.05) is 19.1 Å². The molecule has 0 spiro atoms. The SMILES string of the molecule is Cl.O=C(CN1CCCNS1(O)O)NC1C2CC3CC(C2)CC1C3. The van der Waals surface area contributed by atoms with Crippen molar-refractivity contribution in [2.75, 3.05) is 19.6 Å². The lowest BCUT2D eigenvalue weighted by Crippen LogP contribution is -2.57. The minimum absolute atomic E-state index is 0. The summed E-state index contributed by atoms with van der Waals surface area (Å²) in [5.41, 5.74) is 0. The molecule has 1 heterocycles. The van der Waals surface area contributed by atoms with E-state index in [0.29, 0.717) is 31.0 Å². The fraction of sp³-hybridized carbons (Fsp3) is 0.933. The third kappa shape index (κ3) is 3.50. The lowest BCUT2D eigenvalue weighted by atomic mass is 9.54. The Morgan fingerprint density at radius 2 is 1.74 bits per heavy atom. The number of halogens is 1. The second kappa shape index (κ2) is 6.69. The maximum atomic E-state index is 12.4. The summed E-state index contributed by atoms with van der Waals surface area (Å²) in [4.78, 5) is 12.4. The van der Waals surface area contributed by atoms with Gasteiger partial charge in [-0.1, -0.05) is 11.0 Å². The van der Waals surface area contributed by atoms with Crippen LogP contribution in [-0.4, -0.2) is 45.0 Å². The van der Waals surface area contributed by atoms with Crippen molar-refractivity contribution < 1.29 is 13.9 Å². The van der Waals surface area contributed by atoms with E-state index in [9.17, 15) is 13.9 Å². The first-order valence-electron chi connectivity index (χ1n) is 8.58. The molecule has 8 heteroatoms. The molecule has 0 atom stereocenters. The largest absolute Gasteiger partial charge is 0.352 e. The summed E-state index contributed by atoms with van der Waals surface area (Å²) >= 11 is 0. The van der Waals surface area contributed by atoms with Gasteiger partial charge in [0.25, 0.3) is 0 Å². The van der Waals surface area contributed by atoms with E-state index < -0.39 is 11.0 Å². The van der Waals surface area contributed by atoms with E-state index in [1.807, 2.05) is 0 Å². The summed E-state index contributed by atoms with van der Waals surface area (Å²) < 4.78 is 24.1. The van der Waals surface area contributed by atoms with Gasteiger partial charge in [-0.3, -0.25) is 13.9 Å². The normalized spacial score (nSPS) is 42.8. The molecule has 4 aliphatic carbocycles. The third-order valence-corrected chi connectivity index (χ3v) is 7.74. The van der Waals surface area contributed by atoms with Gasteiger partial charge in [-0.05, 0) is 62.2 Å². The van der Waals surface area contributed by atoms with E-state index in [1.54, 1.807) is 0 Å². The summed E-state index contributed by atoms with van der Waals surface area (Å²) in [5.74, 6) is 3.05. The number of nitrogens with zero attached hydrogens (tertiary/aromatic N) is 1. The van der Waals surface area contributed by atoms with Crippen molar-refractivity contribution in [1.82, 2.24) is 14.3 Å². The van der Waals surface area contributed by atoms with Crippen LogP contribution in [0.15, 0.2) is 0 Å². The number of carbonyl (C=O) groups is 1. The van der Waals surface area contributed by atoms with E-state index in [2.05, 4.69) is 10.0 Å². The Morgan fingerprint density at radius 1 is 1.13 bits per heavy atom. The highest BCUT2D eigenvalue weighted by Crippen LogP contribution is 2.53. The standard InChI is InChI=1S/C15H27N3O3S.ClH/c19-14(9-18-3-1-2-16-22(18,20)21)17-15-12-5-10-4-11(7-12)8-13(15)6-10;/h10-13,15-16,20-21H,1-9H2,(H,17,19);1H. The minimum Gasteiger partial charge on any atom is -0.352 e. The van der Waals surface area contributed by atoms with Crippen molar-refractivity contribution >= 4 is 29.3 Å². The van der Waals surface area contributed by atoms with E-state index in [1.165, 1.54) is 36.4 Å². The molecular formula is C15H28ClN3O3S. The molecule has 4 saturated carbocycles. The van der Waals surface area contributed by atoms with E-state index >= 15 is 0 Å². The number of rotatable bonds is 3. The molecule has 0 aromatic heterocycles. The zero-order chi connectivity index (χ0) is 15.3. The lowest BCUT2D eigenvalue weighted by Gasteiger charge is -2.54. The maximum Gasteiger partial charge on any atom is 0.236 e. The van der Waals surface area contributed by atoms with Crippen LogP contribution in [0.2, 0.25) is 0 Å². The molecule has 5 rings (SSSR count). The molecule has 0 aromatic carbocycles. The fourth-order valence-corrected chi connectivity index (χ4v) is 6.69. The second-order valence-electron chi connectivity index (χ2n) is 7.65. The summed E-state index contributed by atoms with van der Waals surface area (Å²) in [6, 6.07) is 0.319. The summed E-state index contributed by atoms with van der Waals surface area (Å²) in [6.45, 7) is 1.23. The van der Waals surface area contributed by atoms with Crippen LogP contribution in [0.5, 0.6) is 0 Å². The number of hydrogen-bond acceptors (Lipinski definition) is 5. The molecule has 1 aliphatic heterocycles. The monoisotopic (exact) mass is 365 g/mol. The molecule has 134 valence electrons. The van der Waals surface area contributed by atoms with Gasteiger partial charge < -0.3 is 5.32 Å². The van der Waals surface area contributed by atoms with E-state index in [4.69, 9.17) is 0 Å². The third-order valence-electron chi connectivity index (χ3n) is 6.11. The molecule has 1 saturated heterocycles. The van der Waals surface area contributed by atoms with Gasteiger partial charge in [0.1, 0.15) is 0 Å². The van der Waals surface area contributed by atoms with Crippen molar-refractivity contribution in [1.29, 1.82) is 0 Å². The van der Waals surface area contributed by atoms with Gasteiger partial charge in [-0.2, -0.15) is 4.31 Å². The molecule has 4 bridgehead atoms. The quantitative estimate of drug-likeness (QED) is 0.616. The van der Waals surface area contributed by atoms with Crippen LogP contribution in [0, 0.1) is 23.7 Å². The van der Waals surface area contributed by atoms with Crippen LogP contribution < -0.4 is 10.0 Å². The number of carbonyl (C=O) groups excluding carboxylic acids is 1. The van der Waals surface area contributed by atoms with Gasteiger partial charge in [0.05, 0.1) is 6.54 Å². The Balaban J connectivity index is 0.00000156. The van der Waals surface area contributed by atoms with E-state index in [-0.39, 0.29) is 24.9 Å². The smallest absolute Gasteiger partial charge is 0.236 e. The molecule has 23 heavy (non-hydrogen) atoms. The number of nitrogens with one attached hydrogen (secondary N) is 2. The first kappa shape index (κ1) is 17.8. The minimum atomic E-state index is -2.96. The van der Waals surface area contributed by atoms with Gasteiger partial charge in [0.2, 0.25) is 5.91 Å². The Morgan fingerprint density at radius 3 is 2.30 bits per heavy atom. The van der Waals surface area contributed by atoms with Crippen molar-refractivity contribution in [2.24, 2.45) is 23.7 Å². The molecule has 5 aliphatic rings. The Hall–Kier alpha value is -0.0500. The lowest BCUT2D eigenvalue weighted by molar-refractivity contribution is -0.125. The van der Waals surface area contributed by atoms with Gasteiger partial charge in [-0.25, -0.2) is 4.72 Å². The number of amides is 1. The van der Waals surface area contributed by atoms with Gasteiger partial charge in [0.15, 0.2) is 0 Å². The fourth-order valence-electron chi connectivity index (χ4n) is 5.40. The first-order chi connectivity index (χ1) is 10.5. The molecule has 6 nitrogen and oxygen atoms in total. The Labute approximate surface area is 145 Å². The Kier molecular flexibility index (Phi) is 5.17. The van der Waals surface area contributed by atoms with Crippen molar-refractivity contribution in [3.05, 3.63) is 0 Å². The van der Waals surface area contributed by atoms with Crippen molar-refractivity contribution in [2.45, 2.75) is 44.6 Å². The first-order valence-corrected chi connectivity index (χ1v) is 10.1. The van der Waals surface area contributed by atoms with E-state index in [0.717, 1.165) is 18.3 Å². The molecular weight excluding hydrogens is 338 g/mol.